The van der Waals surface area contributed by atoms with Gasteiger partial charge in [-0.1, -0.05) is 30.3 Å². The molecule has 0 spiro atoms. The molecule has 1 aromatic heterocycles. The molecule has 6 heteroatoms. The number of nitrogens with zero attached hydrogens (tertiary/aromatic N) is 4. The quantitative estimate of drug-likeness (QED) is 0.773. The van der Waals surface area contributed by atoms with Crippen LogP contribution in [0, 0.1) is 0 Å². The summed E-state index contributed by atoms with van der Waals surface area (Å²) in [5, 5.41) is 0. The van der Waals surface area contributed by atoms with Gasteiger partial charge in [0.05, 0.1) is 11.1 Å². The molecule has 0 saturated carbocycles. The van der Waals surface area contributed by atoms with Gasteiger partial charge in [0.15, 0.2) is 0 Å². The van der Waals surface area contributed by atoms with Crippen LogP contribution in [0.25, 0.3) is 0 Å². The Morgan fingerprint density at radius 1 is 0.964 bits per heavy atom. The summed E-state index contributed by atoms with van der Waals surface area (Å²) in [4.78, 5) is 35.5. The van der Waals surface area contributed by atoms with Crippen LogP contribution < -0.4 is 0 Å². The van der Waals surface area contributed by atoms with E-state index in [0.717, 1.165) is 19.6 Å². The molecule has 0 bridgehead atoms. The zero-order chi connectivity index (χ0) is 19.9. The number of carbonyl (C=O) groups is 2. The minimum absolute atomic E-state index is 0.0546. The van der Waals surface area contributed by atoms with Crippen molar-refractivity contribution in [1.29, 1.82) is 0 Å². The average molecular weight is 380 g/mol. The zero-order valence-electron chi connectivity index (χ0n) is 16.7. The minimum atomic E-state index is -0.0835. The van der Waals surface area contributed by atoms with E-state index < -0.39 is 0 Å². The number of aromatic nitrogens is 1. The maximum absolute atomic E-state index is 12.9. The maximum atomic E-state index is 12.9. The molecule has 1 aliphatic heterocycles. The van der Waals surface area contributed by atoms with Crippen LogP contribution in [0.5, 0.6) is 0 Å². The second-order valence-electron chi connectivity index (χ2n) is 6.99. The Morgan fingerprint density at radius 2 is 1.61 bits per heavy atom. The number of hydrogen-bond donors (Lipinski definition) is 0. The first kappa shape index (κ1) is 20.0. The fourth-order valence-corrected chi connectivity index (χ4v) is 3.50. The third-order valence-corrected chi connectivity index (χ3v) is 5.19. The smallest absolute Gasteiger partial charge is 0.255 e. The van der Waals surface area contributed by atoms with Crippen LogP contribution in [-0.2, 0) is 6.54 Å². The van der Waals surface area contributed by atoms with Crippen LogP contribution in [0.15, 0.2) is 48.8 Å². The molecule has 28 heavy (non-hydrogen) atoms. The standard InChI is InChI=1S/C22H28N4O2/c1-3-25(4-2)21(27)19-14-20(16-23-15-19)22(28)26-12-10-24(11-13-26)17-18-8-6-5-7-9-18/h5-9,14-16H,3-4,10-13,17H2,1-2H3. The van der Waals surface area contributed by atoms with E-state index in [-0.39, 0.29) is 11.8 Å². The van der Waals surface area contributed by atoms with Crippen molar-refractivity contribution in [3.05, 3.63) is 65.5 Å². The molecule has 0 atom stereocenters. The Balaban J connectivity index is 1.61. The van der Waals surface area contributed by atoms with Crippen molar-refractivity contribution in [1.82, 2.24) is 19.7 Å². The molecule has 6 nitrogen and oxygen atoms in total. The van der Waals surface area contributed by atoms with Crippen molar-refractivity contribution in [2.75, 3.05) is 39.3 Å². The summed E-state index contributed by atoms with van der Waals surface area (Å²) in [7, 11) is 0. The van der Waals surface area contributed by atoms with E-state index in [1.807, 2.05) is 24.8 Å². The second-order valence-corrected chi connectivity index (χ2v) is 6.99. The number of amides is 2. The molecule has 1 aliphatic rings. The zero-order valence-corrected chi connectivity index (χ0v) is 16.7. The summed E-state index contributed by atoms with van der Waals surface area (Å²) in [6.45, 7) is 9.10. The number of benzene rings is 1. The van der Waals surface area contributed by atoms with Gasteiger partial charge in [-0.15, -0.1) is 0 Å². The predicted octanol–water partition coefficient (Wildman–Crippen LogP) is 2.52. The fraction of sp³-hybridized carbons (Fsp3) is 0.409. The van der Waals surface area contributed by atoms with E-state index >= 15 is 0 Å². The van der Waals surface area contributed by atoms with Crippen LogP contribution in [0.3, 0.4) is 0 Å². The summed E-state index contributed by atoms with van der Waals surface area (Å²) in [5.74, 6) is -0.138. The van der Waals surface area contributed by atoms with Gasteiger partial charge in [0.2, 0.25) is 0 Å². The minimum Gasteiger partial charge on any atom is -0.339 e. The number of hydrogen-bond acceptors (Lipinski definition) is 4. The third kappa shape index (κ3) is 4.75. The maximum Gasteiger partial charge on any atom is 0.255 e. The normalized spacial score (nSPS) is 14.7. The van der Waals surface area contributed by atoms with E-state index in [9.17, 15) is 9.59 Å². The molecule has 2 aromatic rings. The molecule has 2 amide bonds. The number of rotatable bonds is 6. The molecule has 0 N–H and O–H groups in total. The Bertz CT molecular complexity index is 797. The van der Waals surface area contributed by atoms with E-state index in [1.165, 1.54) is 11.8 Å². The second kappa shape index (κ2) is 9.46. The van der Waals surface area contributed by atoms with Gasteiger partial charge in [-0.05, 0) is 25.5 Å². The van der Waals surface area contributed by atoms with Gasteiger partial charge >= 0.3 is 0 Å². The van der Waals surface area contributed by atoms with Gasteiger partial charge in [-0.2, -0.15) is 0 Å². The molecular weight excluding hydrogens is 352 g/mol. The van der Waals surface area contributed by atoms with E-state index in [2.05, 4.69) is 34.1 Å². The first-order valence-electron chi connectivity index (χ1n) is 9.92. The highest BCUT2D eigenvalue weighted by Gasteiger charge is 2.23. The van der Waals surface area contributed by atoms with Gasteiger partial charge in [-0.25, -0.2) is 0 Å². The first-order valence-corrected chi connectivity index (χ1v) is 9.92. The molecular formula is C22H28N4O2. The van der Waals surface area contributed by atoms with Crippen molar-refractivity contribution in [3.8, 4) is 0 Å². The molecule has 2 heterocycles. The highest BCUT2D eigenvalue weighted by atomic mass is 16.2. The van der Waals surface area contributed by atoms with E-state index in [0.29, 0.717) is 37.3 Å². The van der Waals surface area contributed by atoms with Crippen molar-refractivity contribution in [2.45, 2.75) is 20.4 Å². The highest BCUT2D eigenvalue weighted by molar-refractivity contribution is 5.99. The van der Waals surface area contributed by atoms with Crippen LogP contribution in [0.2, 0.25) is 0 Å². The monoisotopic (exact) mass is 380 g/mol. The summed E-state index contributed by atoms with van der Waals surface area (Å²) >= 11 is 0. The van der Waals surface area contributed by atoms with Crippen molar-refractivity contribution in [3.63, 3.8) is 0 Å². The van der Waals surface area contributed by atoms with Gasteiger partial charge in [0.25, 0.3) is 11.8 Å². The molecule has 0 aliphatic carbocycles. The third-order valence-electron chi connectivity index (χ3n) is 5.19. The summed E-state index contributed by atoms with van der Waals surface area (Å²) in [6, 6.07) is 12.0. The molecule has 0 radical (unpaired) electrons. The van der Waals surface area contributed by atoms with Crippen molar-refractivity contribution < 1.29 is 9.59 Å². The molecule has 1 fully saturated rings. The lowest BCUT2D eigenvalue weighted by atomic mass is 10.1. The van der Waals surface area contributed by atoms with Gasteiger partial charge < -0.3 is 9.80 Å². The first-order chi connectivity index (χ1) is 13.6. The Kier molecular flexibility index (Phi) is 6.76. The lowest BCUT2D eigenvalue weighted by molar-refractivity contribution is 0.0628. The Morgan fingerprint density at radius 3 is 2.25 bits per heavy atom. The highest BCUT2D eigenvalue weighted by Crippen LogP contribution is 2.13. The van der Waals surface area contributed by atoms with Crippen molar-refractivity contribution in [2.24, 2.45) is 0 Å². The topological polar surface area (TPSA) is 56.8 Å². The lowest BCUT2D eigenvalue weighted by Gasteiger charge is -2.34. The molecule has 1 aromatic carbocycles. The SMILES string of the molecule is CCN(CC)C(=O)c1cncc(C(=O)N2CCN(Cc3ccccc3)CC2)c1. The van der Waals surface area contributed by atoms with Crippen LogP contribution in [0.1, 0.15) is 40.1 Å². The van der Waals surface area contributed by atoms with Gasteiger partial charge in [0, 0.05) is 58.2 Å². The van der Waals surface area contributed by atoms with Crippen LogP contribution in [-0.4, -0.2) is 70.8 Å². The molecule has 148 valence electrons. The van der Waals surface area contributed by atoms with Crippen molar-refractivity contribution >= 4 is 11.8 Å². The Labute approximate surface area is 166 Å². The van der Waals surface area contributed by atoms with Crippen LogP contribution >= 0.6 is 0 Å². The summed E-state index contributed by atoms with van der Waals surface area (Å²) in [6.07, 6.45) is 3.09. The lowest BCUT2D eigenvalue weighted by Crippen LogP contribution is -2.48. The predicted molar refractivity (Wildman–Crippen MR) is 109 cm³/mol. The van der Waals surface area contributed by atoms with Gasteiger partial charge in [0.1, 0.15) is 0 Å². The fourth-order valence-electron chi connectivity index (χ4n) is 3.50. The number of carbonyl (C=O) groups excluding carboxylic acids is 2. The molecule has 0 unspecified atom stereocenters. The number of piperazine rings is 1. The largest absolute Gasteiger partial charge is 0.339 e. The number of pyridine rings is 1. The average Bonchev–Trinajstić information content (AvgIpc) is 2.75. The molecule has 1 saturated heterocycles. The van der Waals surface area contributed by atoms with Gasteiger partial charge in [-0.3, -0.25) is 19.5 Å². The summed E-state index contributed by atoms with van der Waals surface area (Å²) < 4.78 is 0. The summed E-state index contributed by atoms with van der Waals surface area (Å²) in [5.41, 5.74) is 2.24. The molecule has 3 rings (SSSR count). The van der Waals surface area contributed by atoms with Crippen LogP contribution in [0.4, 0.5) is 0 Å². The Hall–Kier alpha value is -2.73. The van der Waals surface area contributed by atoms with E-state index in [4.69, 9.17) is 0 Å². The van der Waals surface area contributed by atoms with E-state index in [1.54, 1.807) is 17.2 Å².